The van der Waals surface area contributed by atoms with Gasteiger partial charge in [0.15, 0.2) is 0 Å². The summed E-state index contributed by atoms with van der Waals surface area (Å²) in [5.41, 5.74) is 3.22. The second-order valence-electron chi connectivity index (χ2n) is 7.18. The lowest BCUT2D eigenvalue weighted by Gasteiger charge is -2.29. The Morgan fingerprint density at radius 3 is 2.37 bits per heavy atom. The summed E-state index contributed by atoms with van der Waals surface area (Å²) in [5.74, 6) is 0.0127. The van der Waals surface area contributed by atoms with E-state index in [2.05, 4.69) is 53.2 Å². The zero-order chi connectivity index (χ0) is 19.1. The van der Waals surface area contributed by atoms with E-state index in [-0.39, 0.29) is 5.91 Å². The van der Waals surface area contributed by atoms with Gasteiger partial charge in [-0.1, -0.05) is 30.3 Å². The van der Waals surface area contributed by atoms with Crippen LogP contribution in [-0.4, -0.2) is 49.7 Å². The van der Waals surface area contributed by atoms with Gasteiger partial charge in [-0.25, -0.2) is 0 Å². The van der Waals surface area contributed by atoms with Crippen molar-refractivity contribution >= 4 is 17.3 Å². The van der Waals surface area contributed by atoms with Gasteiger partial charge in [-0.2, -0.15) is 0 Å². The van der Waals surface area contributed by atoms with E-state index in [1.54, 1.807) is 0 Å². The third kappa shape index (κ3) is 5.81. The fraction of sp³-hybridized carbons (Fsp3) is 0.409. The first-order valence-corrected chi connectivity index (χ1v) is 9.62. The van der Waals surface area contributed by atoms with E-state index in [1.807, 2.05) is 30.3 Å². The first-order valence-electron chi connectivity index (χ1n) is 9.62. The number of amides is 1. The van der Waals surface area contributed by atoms with Crippen molar-refractivity contribution in [3.8, 4) is 0 Å². The molecule has 0 saturated carbocycles. The van der Waals surface area contributed by atoms with Gasteiger partial charge in [0.05, 0.1) is 19.8 Å². The van der Waals surface area contributed by atoms with Crippen molar-refractivity contribution in [3.63, 3.8) is 0 Å². The molecular formula is C22H29N3O2. The molecule has 0 atom stereocenters. The maximum atomic E-state index is 12.5. The fourth-order valence-corrected chi connectivity index (χ4v) is 3.20. The molecule has 2 aromatic rings. The number of carbonyl (C=O) groups is 1. The van der Waals surface area contributed by atoms with E-state index in [9.17, 15) is 4.79 Å². The monoisotopic (exact) mass is 367 g/mol. The molecule has 0 aliphatic carbocycles. The number of nitrogens with zero attached hydrogens (tertiary/aromatic N) is 2. The SMILES string of the molecule is CC(C)N(CC(=O)Nc1ccc(N2CCOCC2)cc1)Cc1ccccc1. The highest BCUT2D eigenvalue weighted by molar-refractivity contribution is 5.92. The van der Waals surface area contributed by atoms with Crippen LogP contribution in [0.3, 0.4) is 0 Å². The van der Waals surface area contributed by atoms with Gasteiger partial charge in [0.1, 0.15) is 0 Å². The third-order valence-electron chi connectivity index (χ3n) is 4.83. The van der Waals surface area contributed by atoms with Crippen LogP contribution in [0.1, 0.15) is 19.4 Å². The summed E-state index contributed by atoms with van der Waals surface area (Å²) in [6.45, 7) is 8.74. The maximum Gasteiger partial charge on any atom is 0.238 e. The molecule has 1 heterocycles. The highest BCUT2D eigenvalue weighted by Gasteiger charge is 2.15. The summed E-state index contributed by atoms with van der Waals surface area (Å²) < 4.78 is 5.39. The van der Waals surface area contributed by atoms with E-state index >= 15 is 0 Å². The molecule has 0 unspecified atom stereocenters. The Hall–Kier alpha value is -2.37. The molecule has 5 heteroatoms. The van der Waals surface area contributed by atoms with Crippen molar-refractivity contribution < 1.29 is 9.53 Å². The molecule has 1 aliphatic heterocycles. The van der Waals surface area contributed by atoms with Crippen LogP contribution in [0.4, 0.5) is 11.4 Å². The Balaban J connectivity index is 1.55. The van der Waals surface area contributed by atoms with Crippen molar-refractivity contribution in [2.24, 2.45) is 0 Å². The molecule has 0 aromatic heterocycles. The zero-order valence-electron chi connectivity index (χ0n) is 16.2. The minimum atomic E-state index is 0.0127. The lowest BCUT2D eigenvalue weighted by Crippen LogP contribution is -2.37. The lowest BCUT2D eigenvalue weighted by atomic mass is 10.2. The van der Waals surface area contributed by atoms with E-state index in [0.29, 0.717) is 12.6 Å². The first kappa shape index (κ1) is 19.4. The topological polar surface area (TPSA) is 44.8 Å². The number of benzene rings is 2. The molecule has 27 heavy (non-hydrogen) atoms. The molecule has 3 rings (SSSR count). The molecule has 1 aliphatic rings. The van der Waals surface area contributed by atoms with E-state index in [1.165, 1.54) is 11.3 Å². The van der Waals surface area contributed by atoms with Crippen molar-refractivity contribution in [2.75, 3.05) is 43.1 Å². The van der Waals surface area contributed by atoms with Crippen molar-refractivity contribution in [3.05, 3.63) is 60.2 Å². The van der Waals surface area contributed by atoms with Gasteiger partial charge in [0, 0.05) is 37.1 Å². The van der Waals surface area contributed by atoms with Crippen LogP contribution in [0.15, 0.2) is 54.6 Å². The Labute approximate surface area is 161 Å². The number of anilines is 2. The average molecular weight is 367 g/mol. The second-order valence-corrected chi connectivity index (χ2v) is 7.18. The molecule has 1 saturated heterocycles. The standard InChI is InChI=1S/C22H29N3O2/c1-18(2)25(16-19-6-4-3-5-7-19)17-22(26)23-20-8-10-21(11-9-20)24-12-14-27-15-13-24/h3-11,18H,12-17H2,1-2H3,(H,23,26). The summed E-state index contributed by atoms with van der Waals surface area (Å²) in [4.78, 5) is 17.0. The van der Waals surface area contributed by atoms with Crippen LogP contribution < -0.4 is 10.2 Å². The molecule has 2 aromatic carbocycles. The number of carbonyl (C=O) groups excluding carboxylic acids is 1. The molecule has 0 radical (unpaired) electrons. The predicted octanol–water partition coefficient (Wildman–Crippen LogP) is 3.37. The van der Waals surface area contributed by atoms with Crippen LogP contribution in [0.25, 0.3) is 0 Å². The second kappa shape index (κ2) is 9.53. The summed E-state index contributed by atoms with van der Waals surface area (Å²) in [6, 6.07) is 18.6. The van der Waals surface area contributed by atoms with Gasteiger partial charge in [0.25, 0.3) is 0 Å². The Morgan fingerprint density at radius 2 is 1.74 bits per heavy atom. The van der Waals surface area contributed by atoms with Gasteiger partial charge >= 0.3 is 0 Å². The highest BCUT2D eigenvalue weighted by atomic mass is 16.5. The van der Waals surface area contributed by atoms with Crippen LogP contribution in [0.5, 0.6) is 0 Å². The van der Waals surface area contributed by atoms with Gasteiger partial charge < -0.3 is 15.0 Å². The molecule has 1 N–H and O–H groups in total. The van der Waals surface area contributed by atoms with Crippen molar-refractivity contribution in [1.29, 1.82) is 0 Å². The summed E-state index contributed by atoms with van der Waals surface area (Å²) in [6.07, 6.45) is 0. The Morgan fingerprint density at radius 1 is 1.07 bits per heavy atom. The summed E-state index contributed by atoms with van der Waals surface area (Å²) >= 11 is 0. The van der Waals surface area contributed by atoms with Gasteiger partial charge in [-0.05, 0) is 43.7 Å². The number of ether oxygens (including phenoxy) is 1. The first-order chi connectivity index (χ1) is 13.1. The largest absolute Gasteiger partial charge is 0.378 e. The minimum Gasteiger partial charge on any atom is -0.378 e. The normalized spacial score (nSPS) is 14.6. The zero-order valence-corrected chi connectivity index (χ0v) is 16.2. The van der Waals surface area contributed by atoms with Crippen LogP contribution in [-0.2, 0) is 16.1 Å². The number of rotatable bonds is 7. The maximum absolute atomic E-state index is 12.5. The molecule has 144 valence electrons. The van der Waals surface area contributed by atoms with Crippen molar-refractivity contribution in [1.82, 2.24) is 4.90 Å². The summed E-state index contributed by atoms with van der Waals surface area (Å²) in [7, 11) is 0. The Kier molecular flexibility index (Phi) is 6.85. The number of hydrogen-bond acceptors (Lipinski definition) is 4. The van der Waals surface area contributed by atoms with Gasteiger partial charge in [-0.3, -0.25) is 9.69 Å². The van der Waals surface area contributed by atoms with Gasteiger partial charge in [-0.15, -0.1) is 0 Å². The smallest absolute Gasteiger partial charge is 0.238 e. The fourth-order valence-electron chi connectivity index (χ4n) is 3.20. The number of morpholine rings is 1. The molecule has 5 nitrogen and oxygen atoms in total. The van der Waals surface area contributed by atoms with Crippen LogP contribution in [0.2, 0.25) is 0 Å². The molecule has 1 fully saturated rings. The van der Waals surface area contributed by atoms with E-state index in [4.69, 9.17) is 4.74 Å². The average Bonchev–Trinajstić information content (AvgIpc) is 2.69. The lowest BCUT2D eigenvalue weighted by molar-refractivity contribution is -0.117. The van der Waals surface area contributed by atoms with E-state index in [0.717, 1.165) is 38.5 Å². The molecule has 0 bridgehead atoms. The molecular weight excluding hydrogens is 338 g/mol. The van der Waals surface area contributed by atoms with E-state index < -0.39 is 0 Å². The summed E-state index contributed by atoms with van der Waals surface area (Å²) in [5, 5.41) is 3.02. The molecule has 1 amide bonds. The predicted molar refractivity (Wildman–Crippen MR) is 110 cm³/mol. The van der Waals surface area contributed by atoms with Crippen LogP contribution >= 0.6 is 0 Å². The van der Waals surface area contributed by atoms with Crippen LogP contribution in [0, 0.1) is 0 Å². The third-order valence-corrected chi connectivity index (χ3v) is 4.83. The number of nitrogens with one attached hydrogen (secondary N) is 1. The quantitative estimate of drug-likeness (QED) is 0.815. The van der Waals surface area contributed by atoms with Crippen molar-refractivity contribution in [2.45, 2.75) is 26.4 Å². The Bertz CT molecular complexity index is 710. The minimum absolute atomic E-state index is 0.0127. The van der Waals surface area contributed by atoms with Gasteiger partial charge in [0.2, 0.25) is 5.91 Å². The number of hydrogen-bond donors (Lipinski definition) is 1. The highest BCUT2D eigenvalue weighted by Crippen LogP contribution is 2.19. The molecule has 0 spiro atoms.